The van der Waals surface area contributed by atoms with Gasteiger partial charge < -0.3 is 14.8 Å². The van der Waals surface area contributed by atoms with E-state index in [-0.39, 0.29) is 5.78 Å². The molecule has 0 spiro atoms. The van der Waals surface area contributed by atoms with Gasteiger partial charge in [-0.25, -0.2) is 4.79 Å². The molecule has 0 heterocycles. The molecule has 0 fully saturated rings. The lowest BCUT2D eigenvalue weighted by Gasteiger charge is -2.18. The summed E-state index contributed by atoms with van der Waals surface area (Å²) in [6.07, 6.45) is -1.95. The van der Waals surface area contributed by atoms with Gasteiger partial charge in [0.1, 0.15) is 5.75 Å². The molecule has 0 aliphatic rings. The molecule has 2 aromatic carbocycles. The summed E-state index contributed by atoms with van der Waals surface area (Å²) in [6.45, 7) is 4.41. The van der Waals surface area contributed by atoms with Crippen LogP contribution >= 0.6 is 11.6 Å². The first kappa shape index (κ1) is 20.5. The molecular formula is C20H20ClNO5. The van der Waals surface area contributed by atoms with Crippen molar-refractivity contribution in [1.29, 1.82) is 0 Å². The maximum Gasteiger partial charge on any atom is 0.347 e. The molecule has 0 saturated heterocycles. The van der Waals surface area contributed by atoms with Gasteiger partial charge in [0.05, 0.1) is 0 Å². The predicted molar refractivity (Wildman–Crippen MR) is 102 cm³/mol. The van der Waals surface area contributed by atoms with E-state index in [0.717, 1.165) is 0 Å². The van der Waals surface area contributed by atoms with Gasteiger partial charge in [-0.1, -0.05) is 29.8 Å². The van der Waals surface area contributed by atoms with Gasteiger partial charge in [-0.3, -0.25) is 9.59 Å². The predicted octanol–water partition coefficient (Wildman–Crippen LogP) is 3.88. The third kappa shape index (κ3) is 6.11. The van der Waals surface area contributed by atoms with E-state index in [1.54, 1.807) is 48.5 Å². The lowest BCUT2D eigenvalue weighted by atomic mass is 10.1. The Balaban J connectivity index is 1.92. The summed E-state index contributed by atoms with van der Waals surface area (Å²) in [4.78, 5) is 35.8. The summed E-state index contributed by atoms with van der Waals surface area (Å²) in [7, 11) is 0. The molecule has 0 aromatic heterocycles. The molecule has 2 aromatic rings. The number of Topliss-reactive ketones (excluding diaryl/α,β-unsaturated/α-hetero) is 1. The van der Waals surface area contributed by atoms with Crippen molar-refractivity contribution in [3.63, 3.8) is 0 Å². The average molecular weight is 390 g/mol. The van der Waals surface area contributed by atoms with Gasteiger partial charge in [-0.2, -0.15) is 0 Å². The number of halogens is 1. The van der Waals surface area contributed by atoms with Gasteiger partial charge in [0.2, 0.25) is 0 Å². The molecule has 7 heteroatoms. The molecule has 2 rings (SSSR count). The zero-order valence-corrected chi connectivity index (χ0v) is 15.9. The molecule has 1 N–H and O–H groups in total. The van der Waals surface area contributed by atoms with Crippen molar-refractivity contribution in [3.8, 4) is 5.75 Å². The Bertz CT molecular complexity index is 852. The highest BCUT2D eigenvalue weighted by atomic mass is 35.5. The third-order valence-corrected chi connectivity index (χ3v) is 3.87. The maximum atomic E-state index is 12.2. The first-order chi connectivity index (χ1) is 12.8. The Kier molecular flexibility index (Phi) is 6.96. The summed E-state index contributed by atoms with van der Waals surface area (Å²) in [6, 6.07) is 13.1. The molecule has 0 radical (unpaired) electrons. The van der Waals surface area contributed by atoms with E-state index in [2.05, 4.69) is 5.32 Å². The van der Waals surface area contributed by atoms with Crippen LogP contribution in [0.2, 0.25) is 5.02 Å². The second-order valence-corrected chi connectivity index (χ2v) is 6.36. The van der Waals surface area contributed by atoms with Crippen LogP contribution in [-0.2, 0) is 14.3 Å². The molecule has 0 aliphatic carbocycles. The van der Waals surface area contributed by atoms with E-state index in [9.17, 15) is 14.4 Å². The van der Waals surface area contributed by atoms with E-state index in [1.165, 1.54) is 20.8 Å². The average Bonchev–Trinajstić information content (AvgIpc) is 2.61. The Hall–Kier alpha value is -2.86. The molecule has 0 aliphatic heterocycles. The van der Waals surface area contributed by atoms with Crippen LogP contribution in [-0.4, -0.2) is 29.9 Å². The lowest BCUT2D eigenvalue weighted by molar-refractivity contribution is -0.159. The summed E-state index contributed by atoms with van der Waals surface area (Å²) >= 11 is 5.87. The highest BCUT2D eigenvalue weighted by Gasteiger charge is 2.23. The number of esters is 1. The van der Waals surface area contributed by atoms with Gasteiger partial charge in [-0.05, 0) is 51.1 Å². The van der Waals surface area contributed by atoms with Crippen molar-refractivity contribution in [3.05, 3.63) is 59.1 Å². The maximum absolute atomic E-state index is 12.2. The van der Waals surface area contributed by atoms with Gasteiger partial charge in [0.25, 0.3) is 5.91 Å². The second-order valence-electron chi connectivity index (χ2n) is 5.92. The van der Waals surface area contributed by atoms with E-state index in [4.69, 9.17) is 21.1 Å². The molecular weight excluding hydrogens is 370 g/mol. The fraction of sp³-hybridized carbons (Fsp3) is 0.250. The minimum absolute atomic E-state index is 0.113. The van der Waals surface area contributed by atoms with Crippen LogP contribution in [0.15, 0.2) is 48.5 Å². The van der Waals surface area contributed by atoms with Crippen molar-refractivity contribution in [2.45, 2.75) is 33.0 Å². The Morgan fingerprint density at radius 2 is 1.70 bits per heavy atom. The zero-order valence-electron chi connectivity index (χ0n) is 15.2. The molecule has 27 heavy (non-hydrogen) atoms. The van der Waals surface area contributed by atoms with E-state index in [0.29, 0.717) is 22.0 Å². The van der Waals surface area contributed by atoms with Crippen molar-refractivity contribution in [2.24, 2.45) is 0 Å². The Labute approximate surface area is 162 Å². The smallest absolute Gasteiger partial charge is 0.347 e. The molecule has 1 amide bonds. The number of anilines is 1. The summed E-state index contributed by atoms with van der Waals surface area (Å²) in [5, 5.41) is 3.09. The SMILES string of the molecule is CC(=O)c1cccc(NC(=O)C(C)OC(=O)C(C)Oc2cccc(Cl)c2)c1. The topological polar surface area (TPSA) is 81.7 Å². The van der Waals surface area contributed by atoms with Gasteiger partial charge in [-0.15, -0.1) is 0 Å². The standard InChI is InChI=1S/C20H20ClNO5/c1-12(23)15-6-4-8-17(10-15)22-19(24)13(2)27-20(25)14(3)26-18-9-5-7-16(21)11-18/h4-11,13-14H,1-3H3,(H,22,24). The highest BCUT2D eigenvalue weighted by Crippen LogP contribution is 2.19. The summed E-state index contributed by atoms with van der Waals surface area (Å²) in [5.74, 6) is -0.892. The quantitative estimate of drug-likeness (QED) is 0.574. The van der Waals surface area contributed by atoms with Crippen LogP contribution in [0.25, 0.3) is 0 Å². The fourth-order valence-corrected chi connectivity index (χ4v) is 2.36. The van der Waals surface area contributed by atoms with E-state index >= 15 is 0 Å². The number of carbonyl (C=O) groups is 3. The second kappa shape index (κ2) is 9.19. The van der Waals surface area contributed by atoms with Crippen LogP contribution in [0, 0.1) is 0 Å². The normalized spacial score (nSPS) is 12.6. The van der Waals surface area contributed by atoms with Crippen LogP contribution < -0.4 is 10.1 Å². The summed E-state index contributed by atoms with van der Waals surface area (Å²) in [5.41, 5.74) is 0.916. The number of hydrogen-bond donors (Lipinski definition) is 1. The Morgan fingerprint density at radius 1 is 1.00 bits per heavy atom. The minimum atomic E-state index is -1.04. The van der Waals surface area contributed by atoms with Crippen LogP contribution in [0.1, 0.15) is 31.1 Å². The molecule has 142 valence electrons. The van der Waals surface area contributed by atoms with Crippen molar-refractivity contribution < 1.29 is 23.9 Å². The van der Waals surface area contributed by atoms with Crippen molar-refractivity contribution >= 4 is 34.9 Å². The minimum Gasteiger partial charge on any atom is -0.479 e. The largest absolute Gasteiger partial charge is 0.479 e. The number of nitrogens with one attached hydrogen (secondary N) is 1. The number of benzene rings is 2. The van der Waals surface area contributed by atoms with Crippen molar-refractivity contribution in [2.75, 3.05) is 5.32 Å². The summed E-state index contributed by atoms with van der Waals surface area (Å²) < 4.78 is 10.6. The molecule has 6 nitrogen and oxygen atoms in total. The number of amides is 1. The monoisotopic (exact) mass is 389 g/mol. The molecule has 2 atom stereocenters. The molecule has 0 bridgehead atoms. The third-order valence-electron chi connectivity index (χ3n) is 3.64. The van der Waals surface area contributed by atoms with E-state index < -0.39 is 24.1 Å². The number of rotatable bonds is 7. The number of carbonyl (C=O) groups excluding carboxylic acids is 3. The van der Waals surface area contributed by atoms with E-state index in [1.807, 2.05) is 0 Å². The van der Waals surface area contributed by atoms with Gasteiger partial charge >= 0.3 is 5.97 Å². The fourth-order valence-electron chi connectivity index (χ4n) is 2.18. The van der Waals surface area contributed by atoms with Crippen molar-refractivity contribution in [1.82, 2.24) is 0 Å². The van der Waals surface area contributed by atoms with Crippen LogP contribution in [0.4, 0.5) is 5.69 Å². The highest BCUT2D eigenvalue weighted by molar-refractivity contribution is 6.30. The first-order valence-electron chi connectivity index (χ1n) is 8.31. The molecule has 2 unspecified atom stereocenters. The Morgan fingerprint density at radius 3 is 2.37 bits per heavy atom. The number of ether oxygens (including phenoxy) is 2. The van der Waals surface area contributed by atoms with Gasteiger partial charge in [0.15, 0.2) is 18.0 Å². The van der Waals surface area contributed by atoms with Crippen LogP contribution in [0.5, 0.6) is 5.75 Å². The number of hydrogen-bond acceptors (Lipinski definition) is 5. The van der Waals surface area contributed by atoms with Gasteiger partial charge in [0, 0.05) is 16.3 Å². The zero-order chi connectivity index (χ0) is 20.0. The first-order valence-corrected chi connectivity index (χ1v) is 8.68. The molecule has 0 saturated carbocycles. The van der Waals surface area contributed by atoms with Crippen LogP contribution in [0.3, 0.4) is 0 Å². The lowest BCUT2D eigenvalue weighted by Crippen LogP contribution is -2.35. The number of ketones is 1.